The van der Waals surface area contributed by atoms with Gasteiger partial charge >= 0.3 is 5.69 Å². The number of aromatic nitrogens is 6. The van der Waals surface area contributed by atoms with E-state index < -0.39 is 18.4 Å². The second-order valence-electron chi connectivity index (χ2n) is 19.1. The maximum Gasteiger partial charge on any atom is 0.329 e. The molecule has 1 atom stereocenters. The summed E-state index contributed by atoms with van der Waals surface area (Å²) in [4.78, 5) is 73.0. The van der Waals surface area contributed by atoms with Gasteiger partial charge in [-0.05, 0) is 112 Å². The van der Waals surface area contributed by atoms with Gasteiger partial charge in [0.15, 0.2) is 5.82 Å². The van der Waals surface area contributed by atoms with E-state index in [9.17, 15) is 32.8 Å². The summed E-state index contributed by atoms with van der Waals surface area (Å²) >= 11 is 0. The molecule has 2 aromatic carbocycles. The molecule has 0 spiro atoms. The zero-order valence-electron chi connectivity index (χ0n) is 38.3. The Bertz CT molecular complexity index is 2780. The Morgan fingerprint density at radius 2 is 1.67 bits per heavy atom. The molecule has 10 rings (SSSR count). The summed E-state index contributed by atoms with van der Waals surface area (Å²) in [5, 5.41) is 11.9. The summed E-state index contributed by atoms with van der Waals surface area (Å²) in [5.74, 6) is 0.425. The lowest BCUT2D eigenvalue weighted by atomic mass is 9.92. The van der Waals surface area contributed by atoms with Crippen LogP contribution in [0.25, 0.3) is 22.2 Å². The van der Waals surface area contributed by atoms with Gasteiger partial charge in [-0.3, -0.25) is 43.0 Å². The monoisotopic (exact) mass is 919 g/mol. The molecule has 1 N–H and O–H groups in total. The van der Waals surface area contributed by atoms with E-state index in [1.807, 2.05) is 40.1 Å². The predicted octanol–water partition coefficient (Wildman–Crippen LogP) is 5.66. The van der Waals surface area contributed by atoms with Crippen molar-refractivity contribution in [3.63, 3.8) is 0 Å². The van der Waals surface area contributed by atoms with E-state index in [2.05, 4.69) is 24.9 Å². The third-order valence-corrected chi connectivity index (χ3v) is 15.0. The number of nitrogens with one attached hydrogen (secondary N) is 1. The number of aryl methyl sites for hydroxylation is 2. The van der Waals surface area contributed by atoms with Crippen molar-refractivity contribution < 1.29 is 28.0 Å². The molecule has 0 aliphatic carbocycles. The lowest BCUT2D eigenvalue weighted by Crippen LogP contribution is -2.44. The highest BCUT2D eigenvalue weighted by Gasteiger charge is 2.36. The first-order valence-corrected chi connectivity index (χ1v) is 24.0. The van der Waals surface area contributed by atoms with Crippen LogP contribution in [0.15, 0.2) is 53.6 Å². The number of hydrogen-bond donors (Lipinski definition) is 1. The largest absolute Gasteiger partial charge is 0.343 e. The zero-order chi connectivity index (χ0) is 46.5. The molecule has 5 aliphatic heterocycles. The number of imidazole rings is 1. The summed E-state index contributed by atoms with van der Waals surface area (Å²) in [7, 11) is 1.77. The molecule has 8 heterocycles. The molecule has 18 heteroatoms. The number of anilines is 2. The van der Waals surface area contributed by atoms with Crippen molar-refractivity contribution >= 4 is 46.2 Å². The standard InChI is InChI=1S/C49H59F2N11O5/c1-31(63)58-24-17-39-38(30-58)47(59-19-5-7-33-25-36(34-27-52-55(2)29-34)37(46(50)51)26-43(33)59)54-62(39)35-15-22-57(23-16-35)45(65)10-6-18-56-20-13-32(14-21-56)28-60-40-8-3-4-9-41(40)61(49(60)67)42-11-12-44(64)53-48(42)66/h3-4,8-9,25-27,29,32,35,42,46H,5-7,10-24,28,30H2,1-2H3,(H,53,64,66). The number of hydrogen-bond acceptors (Lipinski definition) is 9. The minimum atomic E-state index is -2.68. The maximum atomic E-state index is 14.7. The summed E-state index contributed by atoms with van der Waals surface area (Å²) in [5.41, 5.74) is 6.15. The molecule has 3 fully saturated rings. The van der Waals surface area contributed by atoms with E-state index in [-0.39, 0.29) is 41.4 Å². The number of amides is 4. The van der Waals surface area contributed by atoms with Gasteiger partial charge in [0.1, 0.15) is 6.04 Å². The molecule has 354 valence electrons. The fourth-order valence-electron chi connectivity index (χ4n) is 11.3. The number of rotatable bonds is 11. The van der Waals surface area contributed by atoms with Crippen LogP contribution in [0.5, 0.6) is 0 Å². The number of likely N-dealkylation sites (tertiary alicyclic amines) is 2. The minimum absolute atomic E-state index is 0.0101. The van der Waals surface area contributed by atoms with Gasteiger partial charge in [-0.1, -0.05) is 12.1 Å². The fraction of sp³-hybridized carbons (Fsp3) is 0.531. The topological polar surface area (TPSA) is 156 Å². The average Bonchev–Trinajstić information content (AvgIpc) is 4.02. The molecule has 16 nitrogen and oxygen atoms in total. The van der Waals surface area contributed by atoms with Crippen LogP contribution in [0.1, 0.15) is 106 Å². The van der Waals surface area contributed by atoms with Crippen molar-refractivity contribution in [2.24, 2.45) is 13.0 Å². The van der Waals surface area contributed by atoms with Crippen LogP contribution in [0.3, 0.4) is 0 Å². The van der Waals surface area contributed by atoms with E-state index in [0.717, 1.165) is 98.4 Å². The SMILES string of the molecule is CC(=O)N1CCc2c(c(N3CCCc4cc(-c5cnn(C)c5)c(C(F)F)cc43)nn2C2CCN(C(=O)CCCN3CCC(Cn4c(=O)n(C5CCC(=O)NC5=O)c5ccccc54)CC3)CC2)C1. The summed E-state index contributed by atoms with van der Waals surface area (Å²) in [6.45, 7) is 7.60. The highest BCUT2D eigenvalue weighted by atomic mass is 19.3. The number of nitrogens with zero attached hydrogens (tertiary/aromatic N) is 10. The van der Waals surface area contributed by atoms with E-state index in [4.69, 9.17) is 5.10 Å². The summed E-state index contributed by atoms with van der Waals surface area (Å²) in [6, 6.07) is 10.4. The van der Waals surface area contributed by atoms with E-state index in [1.165, 1.54) is 0 Å². The van der Waals surface area contributed by atoms with Crippen molar-refractivity contribution in [3.8, 4) is 11.1 Å². The van der Waals surface area contributed by atoms with E-state index in [1.54, 1.807) is 46.2 Å². The Morgan fingerprint density at radius 3 is 2.39 bits per heavy atom. The number of fused-ring (bicyclic) bond motifs is 3. The van der Waals surface area contributed by atoms with Crippen LogP contribution in [0.4, 0.5) is 20.3 Å². The van der Waals surface area contributed by atoms with Gasteiger partial charge in [-0.15, -0.1) is 0 Å². The number of piperidine rings is 3. The molecule has 5 aromatic rings. The zero-order valence-corrected chi connectivity index (χ0v) is 38.3. The van der Waals surface area contributed by atoms with Gasteiger partial charge in [0, 0.05) is 100 Å². The Kier molecular flexibility index (Phi) is 12.3. The van der Waals surface area contributed by atoms with Crippen molar-refractivity contribution in [1.29, 1.82) is 0 Å². The van der Waals surface area contributed by atoms with Crippen molar-refractivity contribution in [3.05, 3.63) is 81.7 Å². The number of benzene rings is 2. The number of para-hydroxylation sites is 2. The third-order valence-electron chi connectivity index (χ3n) is 15.0. The summed E-state index contributed by atoms with van der Waals surface area (Å²) < 4.78 is 36.6. The van der Waals surface area contributed by atoms with Crippen LogP contribution < -0.4 is 15.9 Å². The normalized spacial score (nSPS) is 19.9. The van der Waals surface area contributed by atoms with Crippen LogP contribution in [0, 0.1) is 5.92 Å². The van der Waals surface area contributed by atoms with Gasteiger partial charge < -0.3 is 19.6 Å². The molecule has 0 bridgehead atoms. The maximum absolute atomic E-state index is 14.7. The van der Waals surface area contributed by atoms with Crippen molar-refractivity contribution in [1.82, 2.24) is 48.7 Å². The number of carbonyl (C=O) groups excluding carboxylic acids is 4. The third kappa shape index (κ3) is 8.68. The first-order chi connectivity index (χ1) is 32.4. The predicted molar refractivity (Wildman–Crippen MR) is 247 cm³/mol. The lowest BCUT2D eigenvalue weighted by molar-refractivity contribution is -0.136. The van der Waals surface area contributed by atoms with Gasteiger partial charge in [-0.25, -0.2) is 13.6 Å². The minimum Gasteiger partial charge on any atom is -0.343 e. The molecular formula is C49H59F2N11O5. The molecule has 5 aliphatic rings. The average molecular weight is 920 g/mol. The first-order valence-electron chi connectivity index (χ1n) is 24.0. The Morgan fingerprint density at radius 1 is 0.896 bits per heavy atom. The second kappa shape index (κ2) is 18.5. The Balaban J connectivity index is 0.757. The summed E-state index contributed by atoms with van der Waals surface area (Å²) in [6.07, 6.45) is 8.01. The first kappa shape index (κ1) is 44.7. The van der Waals surface area contributed by atoms with Gasteiger partial charge in [0.05, 0.1) is 29.8 Å². The Labute approximate surface area is 387 Å². The smallest absolute Gasteiger partial charge is 0.329 e. The van der Waals surface area contributed by atoms with Crippen molar-refractivity contribution in [2.75, 3.05) is 50.7 Å². The molecule has 4 amide bonds. The van der Waals surface area contributed by atoms with Gasteiger partial charge in [-0.2, -0.15) is 10.2 Å². The van der Waals surface area contributed by atoms with Gasteiger partial charge in [0.2, 0.25) is 23.6 Å². The lowest BCUT2D eigenvalue weighted by Gasteiger charge is -2.34. The molecule has 3 aromatic heterocycles. The van der Waals surface area contributed by atoms with Crippen LogP contribution in [-0.4, -0.2) is 113 Å². The number of carbonyl (C=O) groups is 4. The molecule has 1 unspecified atom stereocenters. The van der Waals surface area contributed by atoms with Gasteiger partial charge in [0.25, 0.3) is 6.43 Å². The van der Waals surface area contributed by atoms with Crippen molar-refractivity contribution in [2.45, 2.75) is 109 Å². The highest BCUT2D eigenvalue weighted by Crippen LogP contribution is 2.44. The Hall–Kier alpha value is -6.17. The molecule has 3 saturated heterocycles. The van der Waals surface area contributed by atoms with E-state index >= 15 is 0 Å². The quantitative estimate of drug-likeness (QED) is 0.165. The molecule has 0 saturated carbocycles. The molecular weight excluding hydrogens is 861 g/mol. The van der Waals surface area contributed by atoms with Crippen LogP contribution in [0.2, 0.25) is 0 Å². The van der Waals surface area contributed by atoms with E-state index in [0.29, 0.717) is 81.1 Å². The highest BCUT2D eigenvalue weighted by molar-refractivity contribution is 6.00. The number of halogens is 2. The van der Waals surface area contributed by atoms with Crippen LogP contribution in [-0.2, 0) is 52.2 Å². The number of alkyl halides is 2. The second-order valence-corrected chi connectivity index (χ2v) is 19.1. The molecule has 0 radical (unpaired) electrons. The molecule has 67 heavy (non-hydrogen) atoms. The number of imide groups is 1. The van der Waals surface area contributed by atoms with Crippen LogP contribution >= 0.6 is 0 Å². The fourth-order valence-corrected chi connectivity index (χ4v) is 11.3.